The quantitative estimate of drug-likeness (QED) is 0.0619. The maximum absolute atomic E-state index is 12.1. The molecule has 0 fully saturated rings. The maximum atomic E-state index is 12.1. The molecule has 40 heavy (non-hydrogen) atoms. The van der Waals surface area contributed by atoms with Crippen LogP contribution in [0, 0.1) is 0 Å². The minimum Gasteiger partial charge on any atom is -0.457 e. The van der Waals surface area contributed by atoms with Crippen LogP contribution in [0.3, 0.4) is 0 Å². The lowest BCUT2D eigenvalue weighted by Gasteiger charge is -2.16. The van der Waals surface area contributed by atoms with Gasteiger partial charge >= 0.3 is 5.97 Å². The average Bonchev–Trinajstić information content (AvgIpc) is 2.96. The van der Waals surface area contributed by atoms with Crippen molar-refractivity contribution in [2.75, 3.05) is 19.8 Å². The smallest absolute Gasteiger partial charge is 0.306 e. The Kier molecular flexibility index (Phi) is 34.1. The van der Waals surface area contributed by atoms with Gasteiger partial charge in [-0.15, -0.1) is 0 Å². The van der Waals surface area contributed by atoms with Gasteiger partial charge in [0.1, 0.15) is 6.10 Å². The molecule has 4 heteroatoms. The van der Waals surface area contributed by atoms with Crippen LogP contribution in [0.5, 0.6) is 0 Å². The number of hydrogen-bond donors (Lipinski definition) is 1. The lowest BCUT2D eigenvalue weighted by Crippen LogP contribution is -2.27. The van der Waals surface area contributed by atoms with Gasteiger partial charge in [-0.25, -0.2) is 0 Å². The highest BCUT2D eigenvalue weighted by molar-refractivity contribution is 5.69. The van der Waals surface area contributed by atoms with Gasteiger partial charge in [0.15, 0.2) is 0 Å². The molecule has 0 rings (SSSR count). The van der Waals surface area contributed by atoms with E-state index in [2.05, 4.69) is 13.8 Å². The molecule has 0 aliphatic carbocycles. The Balaban J connectivity index is 3.38. The number of hydrogen-bond acceptors (Lipinski definition) is 4. The van der Waals surface area contributed by atoms with Crippen LogP contribution in [0.1, 0.15) is 200 Å². The second kappa shape index (κ2) is 34.6. The second-order valence-electron chi connectivity index (χ2n) is 12.3. The van der Waals surface area contributed by atoms with Crippen LogP contribution in [0.15, 0.2) is 0 Å². The fraction of sp³-hybridized carbons (Fsp3) is 0.972. The summed E-state index contributed by atoms with van der Waals surface area (Å²) in [6.45, 7) is 5.38. The van der Waals surface area contributed by atoms with Gasteiger partial charge in [-0.3, -0.25) is 4.79 Å². The summed E-state index contributed by atoms with van der Waals surface area (Å²) in [5.41, 5.74) is 0. The minimum atomic E-state index is -0.522. The first-order valence-electron chi connectivity index (χ1n) is 18.1. The first-order valence-corrected chi connectivity index (χ1v) is 18.1. The Morgan fingerprint density at radius 3 is 1.18 bits per heavy atom. The fourth-order valence-electron chi connectivity index (χ4n) is 5.45. The number of aliphatic hydroxyl groups excluding tert-OH is 1. The number of carbonyl (C=O) groups is 1. The lowest BCUT2D eigenvalue weighted by atomic mass is 10.0. The average molecular weight is 569 g/mol. The van der Waals surface area contributed by atoms with E-state index >= 15 is 0 Å². The summed E-state index contributed by atoms with van der Waals surface area (Å²) in [4.78, 5) is 12.1. The third kappa shape index (κ3) is 31.9. The van der Waals surface area contributed by atoms with E-state index in [0.717, 1.165) is 19.3 Å². The highest BCUT2D eigenvalue weighted by Crippen LogP contribution is 2.15. The van der Waals surface area contributed by atoms with E-state index in [9.17, 15) is 9.90 Å². The van der Waals surface area contributed by atoms with E-state index in [0.29, 0.717) is 19.6 Å². The molecule has 0 aromatic rings. The van der Waals surface area contributed by atoms with Crippen molar-refractivity contribution >= 4 is 5.97 Å². The van der Waals surface area contributed by atoms with Crippen LogP contribution in [0.4, 0.5) is 0 Å². The van der Waals surface area contributed by atoms with Crippen molar-refractivity contribution in [1.82, 2.24) is 0 Å². The van der Waals surface area contributed by atoms with E-state index in [1.165, 1.54) is 161 Å². The number of aliphatic hydroxyl groups is 1. The monoisotopic (exact) mass is 569 g/mol. The van der Waals surface area contributed by atoms with Crippen molar-refractivity contribution in [2.24, 2.45) is 0 Å². The summed E-state index contributed by atoms with van der Waals surface area (Å²) in [7, 11) is 0. The Bertz CT molecular complexity index is 481. The van der Waals surface area contributed by atoms with Gasteiger partial charge < -0.3 is 14.6 Å². The molecule has 0 radical (unpaired) electrons. The first kappa shape index (κ1) is 39.4. The topological polar surface area (TPSA) is 55.8 Å². The summed E-state index contributed by atoms with van der Waals surface area (Å²) in [6.07, 6.45) is 37.1. The standard InChI is InChI=1S/C36H72O4/c1-3-5-7-9-11-13-15-17-18-20-22-24-26-28-30-32-39-34-35(33-37)40-36(38)31-29-27-25-23-21-19-16-14-12-10-8-6-4-2/h35,37H,3-34H2,1-2H3. The number of unbranched alkanes of at least 4 members (excludes halogenated alkanes) is 26. The number of ether oxygens (including phenoxy) is 2. The third-order valence-electron chi connectivity index (χ3n) is 8.18. The Labute approximate surface area is 251 Å². The van der Waals surface area contributed by atoms with E-state index in [1.807, 2.05) is 0 Å². The van der Waals surface area contributed by atoms with Gasteiger partial charge in [-0.2, -0.15) is 0 Å². The molecule has 0 aliphatic heterocycles. The zero-order chi connectivity index (χ0) is 29.2. The van der Waals surface area contributed by atoms with Crippen LogP contribution >= 0.6 is 0 Å². The molecule has 0 spiro atoms. The van der Waals surface area contributed by atoms with Crippen molar-refractivity contribution < 1.29 is 19.4 Å². The minimum absolute atomic E-state index is 0.163. The van der Waals surface area contributed by atoms with E-state index in [1.54, 1.807) is 0 Å². The van der Waals surface area contributed by atoms with Crippen molar-refractivity contribution in [3.63, 3.8) is 0 Å². The largest absolute Gasteiger partial charge is 0.457 e. The van der Waals surface area contributed by atoms with Gasteiger partial charge in [-0.05, 0) is 12.8 Å². The zero-order valence-corrected chi connectivity index (χ0v) is 27.4. The number of rotatable bonds is 34. The van der Waals surface area contributed by atoms with Gasteiger partial charge in [0.2, 0.25) is 0 Å². The maximum Gasteiger partial charge on any atom is 0.306 e. The molecule has 0 amide bonds. The Hall–Kier alpha value is -0.610. The summed E-state index contributed by atoms with van der Waals surface area (Å²) in [5.74, 6) is -0.197. The summed E-state index contributed by atoms with van der Waals surface area (Å²) < 4.78 is 11.1. The van der Waals surface area contributed by atoms with E-state index in [-0.39, 0.29) is 12.6 Å². The van der Waals surface area contributed by atoms with Crippen LogP contribution in [-0.2, 0) is 14.3 Å². The van der Waals surface area contributed by atoms with Gasteiger partial charge in [-0.1, -0.05) is 181 Å². The predicted molar refractivity (Wildman–Crippen MR) is 173 cm³/mol. The summed E-state index contributed by atoms with van der Waals surface area (Å²) in [5, 5.41) is 9.54. The molecule has 0 saturated carbocycles. The zero-order valence-electron chi connectivity index (χ0n) is 27.4. The predicted octanol–water partition coefficient (Wildman–Crippen LogP) is 11.3. The van der Waals surface area contributed by atoms with Crippen LogP contribution in [-0.4, -0.2) is 37.0 Å². The van der Waals surface area contributed by atoms with Crippen molar-refractivity contribution in [3.05, 3.63) is 0 Å². The number of carbonyl (C=O) groups excluding carboxylic acids is 1. The molecule has 0 heterocycles. The molecule has 4 nitrogen and oxygen atoms in total. The summed E-state index contributed by atoms with van der Waals surface area (Å²) in [6, 6.07) is 0. The Morgan fingerprint density at radius 1 is 0.500 bits per heavy atom. The van der Waals surface area contributed by atoms with E-state index < -0.39 is 6.10 Å². The van der Waals surface area contributed by atoms with Crippen molar-refractivity contribution in [3.8, 4) is 0 Å². The molecule has 0 saturated heterocycles. The normalized spacial score (nSPS) is 12.2. The molecule has 0 bridgehead atoms. The molecular weight excluding hydrogens is 496 g/mol. The highest BCUT2D eigenvalue weighted by Gasteiger charge is 2.13. The van der Waals surface area contributed by atoms with Crippen LogP contribution in [0.25, 0.3) is 0 Å². The van der Waals surface area contributed by atoms with Gasteiger partial charge in [0.25, 0.3) is 0 Å². The molecular formula is C36H72O4. The molecule has 0 aliphatic rings. The highest BCUT2D eigenvalue weighted by atomic mass is 16.6. The third-order valence-corrected chi connectivity index (χ3v) is 8.18. The molecule has 240 valence electrons. The lowest BCUT2D eigenvalue weighted by molar-refractivity contribution is -0.154. The molecule has 0 aromatic heterocycles. The van der Waals surface area contributed by atoms with Gasteiger partial charge in [0, 0.05) is 13.0 Å². The molecule has 0 aromatic carbocycles. The molecule has 1 unspecified atom stereocenters. The van der Waals surface area contributed by atoms with Crippen LogP contribution in [0.2, 0.25) is 0 Å². The second-order valence-corrected chi connectivity index (χ2v) is 12.3. The Morgan fingerprint density at radius 2 is 0.825 bits per heavy atom. The number of esters is 1. The SMILES string of the molecule is CCCCCCCCCCCCCCCCCOCC(CO)OC(=O)CCCCCCCCCCCCCCC. The van der Waals surface area contributed by atoms with Crippen molar-refractivity contribution in [2.45, 2.75) is 206 Å². The summed E-state index contributed by atoms with van der Waals surface area (Å²) >= 11 is 0. The van der Waals surface area contributed by atoms with E-state index in [4.69, 9.17) is 9.47 Å². The fourth-order valence-corrected chi connectivity index (χ4v) is 5.45. The van der Waals surface area contributed by atoms with Crippen molar-refractivity contribution in [1.29, 1.82) is 0 Å². The molecule has 1 atom stereocenters. The molecule has 1 N–H and O–H groups in total. The van der Waals surface area contributed by atoms with Crippen LogP contribution < -0.4 is 0 Å². The van der Waals surface area contributed by atoms with Gasteiger partial charge in [0.05, 0.1) is 13.2 Å². The first-order chi connectivity index (χ1) is 19.7.